The van der Waals surface area contributed by atoms with Gasteiger partial charge in [0.05, 0.1) is 12.3 Å². The lowest BCUT2D eigenvalue weighted by Crippen LogP contribution is -2.38. The van der Waals surface area contributed by atoms with Crippen LogP contribution in [-0.4, -0.2) is 45.1 Å². The lowest BCUT2D eigenvalue weighted by Gasteiger charge is -2.29. The number of hydrogen-bond acceptors (Lipinski definition) is 5. The summed E-state index contributed by atoms with van der Waals surface area (Å²) in [5, 5.41) is 11.8. The first kappa shape index (κ1) is 28.5. The van der Waals surface area contributed by atoms with Crippen molar-refractivity contribution in [3.63, 3.8) is 0 Å². The van der Waals surface area contributed by atoms with E-state index in [9.17, 15) is 9.59 Å². The van der Waals surface area contributed by atoms with Crippen LogP contribution in [0.1, 0.15) is 54.5 Å². The van der Waals surface area contributed by atoms with Gasteiger partial charge in [-0.25, -0.2) is 14.2 Å². The number of imidazole rings is 1. The number of aryl methyl sites for hydroxylation is 1. The average molecular weight is 622 g/mol. The number of aliphatic hydroxyl groups excluding tert-OH is 1. The Balaban J connectivity index is 1.55. The van der Waals surface area contributed by atoms with Gasteiger partial charge in [0.15, 0.2) is 0 Å². The number of urea groups is 1. The number of aromatic nitrogens is 2. The van der Waals surface area contributed by atoms with Gasteiger partial charge in [-0.15, -0.1) is 0 Å². The molecule has 3 atom stereocenters. The van der Waals surface area contributed by atoms with Crippen molar-refractivity contribution >= 4 is 27.9 Å². The highest BCUT2D eigenvalue weighted by molar-refractivity contribution is 9.10. The van der Waals surface area contributed by atoms with E-state index in [-0.39, 0.29) is 19.1 Å². The molecule has 2 heterocycles. The summed E-state index contributed by atoms with van der Waals surface area (Å²) in [6, 6.07) is 19.0. The van der Waals surface area contributed by atoms with E-state index in [1.54, 1.807) is 36.4 Å². The molecule has 0 saturated carbocycles. The molecule has 0 bridgehead atoms. The first-order valence-corrected chi connectivity index (χ1v) is 14.2. The van der Waals surface area contributed by atoms with E-state index in [0.29, 0.717) is 45.0 Å². The van der Waals surface area contributed by atoms with Crippen molar-refractivity contribution < 1.29 is 23.8 Å². The third kappa shape index (κ3) is 5.75. The van der Waals surface area contributed by atoms with Gasteiger partial charge in [-0.3, -0.25) is 9.69 Å². The molecule has 41 heavy (non-hydrogen) atoms. The summed E-state index contributed by atoms with van der Waals surface area (Å²) < 4.78 is 21.0. The molecule has 0 radical (unpaired) electrons. The van der Waals surface area contributed by atoms with E-state index < -0.39 is 29.8 Å². The van der Waals surface area contributed by atoms with E-state index in [1.165, 1.54) is 11.0 Å². The Morgan fingerprint density at radius 1 is 1.10 bits per heavy atom. The van der Waals surface area contributed by atoms with E-state index >= 15 is 4.39 Å². The Hall–Kier alpha value is -4.02. The fourth-order valence-electron chi connectivity index (χ4n) is 5.15. The molecule has 1 saturated heterocycles. The highest BCUT2D eigenvalue weighted by Gasteiger charge is 2.46. The average Bonchev–Trinajstić information content (AvgIpc) is 3.53. The van der Waals surface area contributed by atoms with Crippen LogP contribution in [0.3, 0.4) is 0 Å². The van der Waals surface area contributed by atoms with Crippen molar-refractivity contribution in [1.29, 1.82) is 0 Å². The lowest BCUT2D eigenvalue weighted by atomic mass is 9.91. The molecule has 4 aromatic rings. The van der Waals surface area contributed by atoms with Crippen molar-refractivity contribution in [3.8, 4) is 17.0 Å². The zero-order valence-corrected chi connectivity index (χ0v) is 24.2. The van der Waals surface area contributed by atoms with Gasteiger partial charge in [0.2, 0.25) is 0 Å². The molecular weight excluding hydrogens is 591 g/mol. The number of rotatable bonds is 10. The third-order valence-electron chi connectivity index (χ3n) is 7.24. The Morgan fingerprint density at radius 3 is 2.49 bits per heavy atom. The summed E-state index contributed by atoms with van der Waals surface area (Å²) in [5.74, 6) is -0.244. The van der Waals surface area contributed by atoms with Gasteiger partial charge < -0.3 is 20.1 Å². The number of amides is 3. The molecule has 3 N–H and O–H groups in total. The Morgan fingerprint density at radius 2 is 1.83 bits per heavy atom. The van der Waals surface area contributed by atoms with E-state index in [1.807, 2.05) is 44.2 Å². The van der Waals surface area contributed by atoms with Crippen LogP contribution < -0.4 is 10.1 Å². The van der Waals surface area contributed by atoms with E-state index in [2.05, 4.69) is 26.2 Å². The third-order valence-corrected chi connectivity index (χ3v) is 7.73. The molecule has 0 spiro atoms. The second-order valence-corrected chi connectivity index (χ2v) is 10.7. The molecular formula is C31H30BrFN4O4. The summed E-state index contributed by atoms with van der Waals surface area (Å²) in [6.45, 7) is 3.91. The first-order chi connectivity index (χ1) is 19.8. The van der Waals surface area contributed by atoms with Gasteiger partial charge in [-0.2, -0.15) is 0 Å². The smallest absolute Gasteiger partial charge is 0.325 e. The quantitative estimate of drug-likeness (QED) is 0.187. The summed E-state index contributed by atoms with van der Waals surface area (Å²) in [5.41, 5.74) is 2.99. The number of benzene rings is 3. The van der Waals surface area contributed by atoms with Crippen LogP contribution in [0.2, 0.25) is 0 Å². The monoisotopic (exact) mass is 620 g/mol. The number of aliphatic hydroxyl groups is 1. The summed E-state index contributed by atoms with van der Waals surface area (Å²) in [4.78, 5) is 36.8. The van der Waals surface area contributed by atoms with Crippen molar-refractivity contribution in [2.45, 2.75) is 38.3 Å². The number of H-pyrrole nitrogens is 1. The summed E-state index contributed by atoms with van der Waals surface area (Å²) >= 11 is 3.30. The molecule has 1 aromatic heterocycles. The number of carbonyl (C=O) groups excluding carboxylic acids is 2. The van der Waals surface area contributed by atoms with Gasteiger partial charge in [-0.05, 0) is 47.9 Å². The van der Waals surface area contributed by atoms with Crippen LogP contribution in [0.4, 0.5) is 9.18 Å². The summed E-state index contributed by atoms with van der Waals surface area (Å²) in [7, 11) is 0. The maximum atomic E-state index is 15.0. The molecule has 1 aliphatic heterocycles. The molecule has 5 rings (SSSR count). The lowest BCUT2D eigenvalue weighted by molar-refractivity contribution is -0.129. The normalized spacial score (nSPS) is 16.5. The highest BCUT2D eigenvalue weighted by Crippen LogP contribution is 2.40. The fraction of sp³-hybridized carbons (Fsp3) is 0.258. The number of hydrogen-bond donors (Lipinski definition) is 3. The van der Waals surface area contributed by atoms with Crippen LogP contribution in [0.15, 0.2) is 77.3 Å². The number of halogens is 2. The van der Waals surface area contributed by atoms with Crippen molar-refractivity contribution in [2.75, 3.05) is 13.2 Å². The molecule has 3 amide bonds. The second kappa shape index (κ2) is 12.2. The summed E-state index contributed by atoms with van der Waals surface area (Å²) in [6.07, 6.45) is 0.539. The minimum Gasteiger partial charge on any atom is -0.491 e. The molecule has 3 aromatic carbocycles. The Kier molecular flexibility index (Phi) is 8.51. The van der Waals surface area contributed by atoms with Gasteiger partial charge >= 0.3 is 6.03 Å². The van der Waals surface area contributed by atoms with E-state index in [0.717, 1.165) is 5.56 Å². The molecule has 8 nitrogen and oxygen atoms in total. The largest absolute Gasteiger partial charge is 0.491 e. The van der Waals surface area contributed by atoms with Crippen LogP contribution in [0.25, 0.3) is 11.3 Å². The molecule has 0 unspecified atom stereocenters. The minimum atomic E-state index is -0.899. The van der Waals surface area contributed by atoms with Gasteiger partial charge in [0, 0.05) is 21.6 Å². The minimum absolute atomic E-state index is 0.114. The van der Waals surface area contributed by atoms with Crippen LogP contribution in [-0.2, 0) is 11.2 Å². The molecule has 212 valence electrons. The zero-order valence-electron chi connectivity index (χ0n) is 22.6. The SMILES string of the molecule is CCc1[nH]c([C@H]([C@H](C)c2ccccc2)N2C(=O)N[C@H](c3ccc(OCCO)cc3)C2=O)nc1-c1ccc(Br)cc1F. The standard InChI is InChI=1S/C31H30BrFN4O4/c1-3-25-27(23-14-11-21(32)17-24(23)33)35-29(34-25)28(18(2)19-7-5-4-6-8-19)37-30(39)26(36-31(37)40)20-9-12-22(13-10-20)41-16-15-38/h4-14,17-18,26,28,38H,3,15-16H2,1-2H3,(H,34,35)(H,36,40)/t18-,26-,28+/m1/s1. The van der Waals surface area contributed by atoms with Crippen LogP contribution >= 0.6 is 15.9 Å². The molecule has 10 heteroatoms. The Labute approximate surface area is 245 Å². The predicted molar refractivity (Wildman–Crippen MR) is 156 cm³/mol. The van der Waals surface area contributed by atoms with Crippen molar-refractivity contribution in [3.05, 3.63) is 106 Å². The van der Waals surface area contributed by atoms with Gasteiger partial charge in [0.1, 0.15) is 36.1 Å². The van der Waals surface area contributed by atoms with Gasteiger partial charge in [0.25, 0.3) is 5.91 Å². The van der Waals surface area contributed by atoms with Crippen LogP contribution in [0.5, 0.6) is 5.75 Å². The van der Waals surface area contributed by atoms with Crippen molar-refractivity contribution in [2.24, 2.45) is 0 Å². The Bertz CT molecular complexity index is 1540. The van der Waals surface area contributed by atoms with E-state index in [4.69, 9.17) is 14.8 Å². The molecule has 0 aliphatic carbocycles. The maximum absolute atomic E-state index is 15.0. The number of carbonyl (C=O) groups is 2. The van der Waals surface area contributed by atoms with Gasteiger partial charge in [-0.1, -0.05) is 72.2 Å². The van der Waals surface area contributed by atoms with Crippen LogP contribution in [0, 0.1) is 5.82 Å². The maximum Gasteiger partial charge on any atom is 0.325 e. The number of imide groups is 1. The first-order valence-electron chi connectivity index (χ1n) is 13.4. The second-order valence-electron chi connectivity index (χ2n) is 9.80. The zero-order chi connectivity index (χ0) is 29.1. The highest BCUT2D eigenvalue weighted by atomic mass is 79.9. The number of nitrogens with zero attached hydrogens (tertiary/aromatic N) is 2. The number of nitrogens with one attached hydrogen (secondary N) is 2. The number of ether oxygens (including phenoxy) is 1. The molecule has 1 fully saturated rings. The number of aromatic amines is 1. The topological polar surface area (TPSA) is 108 Å². The van der Waals surface area contributed by atoms with Crippen molar-refractivity contribution in [1.82, 2.24) is 20.2 Å². The fourth-order valence-corrected chi connectivity index (χ4v) is 5.49. The molecule has 1 aliphatic rings. The predicted octanol–water partition coefficient (Wildman–Crippen LogP) is 6.05.